The molecule has 0 aromatic rings. The van der Waals surface area contributed by atoms with E-state index >= 15 is 0 Å². The minimum Gasteiger partial charge on any atom is -0.550 e. The van der Waals surface area contributed by atoms with Gasteiger partial charge in [0.2, 0.25) is 0 Å². The maximum Gasteiger partial charge on any atom is 1.00 e. The van der Waals surface area contributed by atoms with Crippen LogP contribution in [0.3, 0.4) is 0 Å². The van der Waals surface area contributed by atoms with Crippen LogP contribution in [0.1, 0.15) is 58.3 Å². The summed E-state index contributed by atoms with van der Waals surface area (Å²) in [4.78, 5) is 24.2. The Morgan fingerprint density at radius 3 is 2.30 bits per heavy atom. The first-order valence-corrected chi connectivity index (χ1v) is 12.7. The second kappa shape index (κ2) is 15.8. The van der Waals surface area contributed by atoms with Crippen molar-refractivity contribution in [3.05, 3.63) is 61.8 Å². The number of aliphatic carboxylic acids is 1. The van der Waals surface area contributed by atoms with Gasteiger partial charge in [-0.05, 0) is 55.9 Å². The molecule has 2 rings (SSSR count). The van der Waals surface area contributed by atoms with Gasteiger partial charge >= 0.3 is 35.5 Å². The molecule has 0 fully saturated rings. The van der Waals surface area contributed by atoms with Crippen LogP contribution >= 0.6 is 0 Å². The van der Waals surface area contributed by atoms with Crippen molar-refractivity contribution in [1.29, 1.82) is 0 Å². The summed E-state index contributed by atoms with van der Waals surface area (Å²) in [6.45, 7) is 13.5. The Balaban J connectivity index is 0.00000684. The molecule has 0 saturated carbocycles. The monoisotopic (exact) mass is 524 g/mol. The summed E-state index contributed by atoms with van der Waals surface area (Å²) in [6, 6.07) is 0. The number of carboxylic acid groups (broad SMARTS) is 1. The standard InChI is InChI=1S/C29H42O7.Na/c1-5-12-29(13-6-2,14-7-3)28(35)36-25-17-22(31)15-20-9-8-19(4)24(27(20)25)11-10-21(30)16-23(32)18-26(33)34;/h5-9,15,19,21-25,27,30-32H,1-3,10-14,16-18H2,4H3,(H,33,34);/q;+1/p-1/t19-,21+,22+,23+,24-,25-,27-;/m0./s1. The van der Waals surface area contributed by atoms with E-state index in [1.54, 1.807) is 24.3 Å². The molecule has 0 radical (unpaired) electrons. The van der Waals surface area contributed by atoms with Crippen LogP contribution < -0.4 is 34.7 Å². The van der Waals surface area contributed by atoms with Crippen LogP contribution in [0.15, 0.2) is 61.8 Å². The third-order valence-electron chi connectivity index (χ3n) is 7.45. The molecular formula is C29H41NaO7. The summed E-state index contributed by atoms with van der Waals surface area (Å²) < 4.78 is 6.16. The normalized spacial score (nSPS) is 26.5. The summed E-state index contributed by atoms with van der Waals surface area (Å²) >= 11 is 0. The summed E-state index contributed by atoms with van der Waals surface area (Å²) in [5.41, 5.74) is 0.0527. The third-order valence-corrected chi connectivity index (χ3v) is 7.45. The average molecular weight is 525 g/mol. The molecule has 2 aliphatic rings. The predicted octanol–water partition coefficient (Wildman–Crippen LogP) is -0.222. The summed E-state index contributed by atoms with van der Waals surface area (Å²) in [5.74, 6) is -1.74. The first-order chi connectivity index (χ1) is 17.1. The number of carboxylic acids is 1. The predicted molar refractivity (Wildman–Crippen MR) is 136 cm³/mol. The fourth-order valence-electron chi connectivity index (χ4n) is 5.67. The number of rotatable bonds is 15. The van der Waals surface area contributed by atoms with E-state index in [2.05, 4.69) is 32.7 Å². The number of esters is 1. The van der Waals surface area contributed by atoms with Gasteiger partial charge in [-0.2, -0.15) is 0 Å². The molecule has 3 N–H and O–H groups in total. The van der Waals surface area contributed by atoms with Crippen LogP contribution in [0.4, 0.5) is 0 Å². The van der Waals surface area contributed by atoms with Crippen molar-refractivity contribution < 1.29 is 64.3 Å². The van der Waals surface area contributed by atoms with Gasteiger partial charge < -0.3 is 30.0 Å². The number of aliphatic hydroxyl groups excluding tert-OH is 3. The van der Waals surface area contributed by atoms with Crippen molar-refractivity contribution in [1.82, 2.24) is 0 Å². The van der Waals surface area contributed by atoms with E-state index in [9.17, 15) is 30.0 Å². The van der Waals surface area contributed by atoms with Crippen LogP contribution in [0, 0.1) is 23.2 Å². The Bertz CT molecular complexity index is 838. The van der Waals surface area contributed by atoms with E-state index in [4.69, 9.17) is 4.74 Å². The Hall–Kier alpha value is -1.48. The van der Waals surface area contributed by atoms with Gasteiger partial charge in [0.25, 0.3) is 0 Å². The van der Waals surface area contributed by atoms with E-state index in [1.165, 1.54) is 0 Å². The second-order valence-electron chi connectivity index (χ2n) is 10.3. The van der Waals surface area contributed by atoms with Gasteiger partial charge in [0.1, 0.15) is 6.10 Å². The molecule has 0 aromatic carbocycles. The Morgan fingerprint density at radius 1 is 1.16 bits per heavy atom. The number of carbonyl (C=O) groups excluding carboxylic acids is 2. The van der Waals surface area contributed by atoms with E-state index in [0.717, 1.165) is 5.57 Å². The van der Waals surface area contributed by atoms with Crippen molar-refractivity contribution in [3.63, 3.8) is 0 Å². The number of carbonyl (C=O) groups is 2. The zero-order chi connectivity index (χ0) is 26.9. The SMILES string of the molecule is C=CCC(CC=C)(CC=C)C(=O)O[C@H]1C[C@H](O)C=C2C=C[C@H](C)[C@H](CC[C@@H](O)C[C@@H](O)CC(=O)[O-])[C@H]21.[Na+]. The molecule has 0 unspecified atom stereocenters. The fraction of sp³-hybridized carbons (Fsp3) is 0.586. The quantitative estimate of drug-likeness (QED) is 0.154. The van der Waals surface area contributed by atoms with Gasteiger partial charge in [-0.25, -0.2) is 0 Å². The maximum absolute atomic E-state index is 13.5. The zero-order valence-corrected chi connectivity index (χ0v) is 24.3. The molecule has 2 aliphatic carbocycles. The third kappa shape index (κ3) is 9.34. The van der Waals surface area contributed by atoms with Gasteiger partial charge in [0.15, 0.2) is 0 Å². The largest absolute Gasteiger partial charge is 1.00 e. The van der Waals surface area contributed by atoms with Gasteiger partial charge in [0.05, 0.1) is 23.7 Å². The van der Waals surface area contributed by atoms with E-state index in [-0.39, 0.29) is 66.1 Å². The first-order valence-electron chi connectivity index (χ1n) is 12.7. The van der Waals surface area contributed by atoms with Crippen LogP contribution in [0.25, 0.3) is 0 Å². The average Bonchev–Trinajstić information content (AvgIpc) is 2.78. The van der Waals surface area contributed by atoms with Gasteiger partial charge in [-0.15, -0.1) is 19.7 Å². The molecule has 0 saturated heterocycles. The summed E-state index contributed by atoms with van der Waals surface area (Å²) in [5, 5.41) is 41.5. The second-order valence-corrected chi connectivity index (χ2v) is 10.3. The maximum atomic E-state index is 13.5. The fourth-order valence-corrected chi connectivity index (χ4v) is 5.67. The summed E-state index contributed by atoms with van der Waals surface area (Å²) in [7, 11) is 0. The molecule has 0 spiro atoms. The number of fused-ring (bicyclic) bond motifs is 1. The van der Waals surface area contributed by atoms with Crippen molar-refractivity contribution in [2.45, 2.75) is 82.7 Å². The molecule has 0 bridgehead atoms. The molecule has 37 heavy (non-hydrogen) atoms. The Kier molecular flexibility index (Phi) is 14.3. The first kappa shape index (κ1) is 33.5. The molecule has 7 nitrogen and oxygen atoms in total. The van der Waals surface area contributed by atoms with E-state index in [0.29, 0.717) is 32.1 Å². The smallest absolute Gasteiger partial charge is 0.550 e. The van der Waals surface area contributed by atoms with Crippen LogP contribution in [0.5, 0.6) is 0 Å². The summed E-state index contributed by atoms with van der Waals surface area (Å²) in [6.07, 6.45) is 9.43. The molecule has 0 amide bonds. The molecular weight excluding hydrogens is 483 g/mol. The van der Waals surface area contributed by atoms with Crippen molar-refractivity contribution in [2.75, 3.05) is 0 Å². The topological polar surface area (TPSA) is 127 Å². The number of hydrogen-bond acceptors (Lipinski definition) is 7. The zero-order valence-electron chi connectivity index (χ0n) is 22.3. The van der Waals surface area contributed by atoms with Crippen molar-refractivity contribution >= 4 is 11.9 Å². The molecule has 8 heteroatoms. The van der Waals surface area contributed by atoms with Crippen molar-refractivity contribution in [2.24, 2.45) is 23.2 Å². The Morgan fingerprint density at radius 2 is 1.76 bits per heavy atom. The van der Waals surface area contributed by atoms with Gasteiger partial charge in [-0.3, -0.25) is 4.79 Å². The number of aliphatic hydroxyl groups is 3. The minimum atomic E-state index is -1.36. The van der Waals surface area contributed by atoms with Crippen molar-refractivity contribution in [3.8, 4) is 0 Å². The molecule has 0 aromatic heterocycles. The van der Waals surface area contributed by atoms with Gasteiger partial charge in [-0.1, -0.05) is 43.4 Å². The van der Waals surface area contributed by atoms with Crippen LogP contribution in [-0.4, -0.2) is 51.7 Å². The molecule has 0 heterocycles. The number of allylic oxidation sites excluding steroid dienone is 5. The number of hydrogen-bond donors (Lipinski definition) is 3. The van der Waals surface area contributed by atoms with E-state index < -0.39 is 42.2 Å². The van der Waals surface area contributed by atoms with E-state index in [1.807, 2.05) is 6.08 Å². The van der Waals surface area contributed by atoms with Gasteiger partial charge in [0, 0.05) is 24.7 Å². The molecule has 7 atom stereocenters. The molecule has 0 aliphatic heterocycles. The Labute approximate surface area is 243 Å². The number of ether oxygens (including phenoxy) is 1. The van der Waals surface area contributed by atoms with Crippen LogP contribution in [0.2, 0.25) is 0 Å². The minimum absolute atomic E-state index is 0. The molecule has 200 valence electrons. The van der Waals surface area contributed by atoms with Crippen LogP contribution in [-0.2, 0) is 14.3 Å².